The third-order valence-corrected chi connectivity index (χ3v) is 3.59. The number of rotatable bonds is 10. The second-order valence-corrected chi connectivity index (χ2v) is 5.15. The van der Waals surface area contributed by atoms with Crippen molar-refractivity contribution in [3.8, 4) is 0 Å². The van der Waals surface area contributed by atoms with E-state index in [4.69, 9.17) is 0 Å². The Morgan fingerprint density at radius 1 is 1.23 bits per heavy atom. The van der Waals surface area contributed by atoms with E-state index in [2.05, 4.69) is 56.1 Å². The molecule has 0 aliphatic rings. The van der Waals surface area contributed by atoms with E-state index in [0.717, 1.165) is 57.5 Å². The quantitative estimate of drug-likeness (QED) is 0.493. The fraction of sp³-hybridized carbons (Fsp3) is 0.800. The molecule has 0 aliphatic carbocycles. The molecule has 0 fully saturated rings. The van der Waals surface area contributed by atoms with Crippen LogP contribution in [0.5, 0.6) is 0 Å². The summed E-state index contributed by atoms with van der Waals surface area (Å²) in [6, 6.07) is 0. The van der Waals surface area contributed by atoms with Crippen LogP contribution in [0.15, 0.2) is 11.3 Å². The molecule has 126 valence electrons. The van der Waals surface area contributed by atoms with Gasteiger partial charge in [-0.1, -0.05) is 20.8 Å². The molecule has 7 heteroatoms. The van der Waals surface area contributed by atoms with Crippen molar-refractivity contribution >= 4 is 5.96 Å². The summed E-state index contributed by atoms with van der Waals surface area (Å²) in [4.78, 5) is 6.69. The fourth-order valence-corrected chi connectivity index (χ4v) is 2.33. The van der Waals surface area contributed by atoms with Crippen LogP contribution in [0.3, 0.4) is 0 Å². The minimum atomic E-state index is 0.803. The molecule has 0 radical (unpaired) electrons. The van der Waals surface area contributed by atoms with Gasteiger partial charge < -0.3 is 20.1 Å². The molecule has 0 spiro atoms. The SMILES string of the molecule is CCCN(CC)CCNC(=NC)NCCn1cnnc1CC. The van der Waals surface area contributed by atoms with Gasteiger partial charge >= 0.3 is 0 Å². The predicted octanol–water partition coefficient (Wildman–Crippen LogP) is 0.737. The van der Waals surface area contributed by atoms with Crippen molar-refractivity contribution in [3.63, 3.8) is 0 Å². The summed E-state index contributed by atoms with van der Waals surface area (Å²) >= 11 is 0. The van der Waals surface area contributed by atoms with Crippen LogP contribution >= 0.6 is 0 Å². The van der Waals surface area contributed by atoms with Crippen molar-refractivity contribution in [1.82, 2.24) is 30.3 Å². The molecule has 1 aromatic heterocycles. The predicted molar refractivity (Wildman–Crippen MR) is 91.2 cm³/mol. The third-order valence-electron chi connectivity index (χ3n) is 3.59. The lowest BCUT2D eigenvalue weighted by atomic mass is 10.4. The van der Waals surface area contributed by atoms with Crippen LogP contribution in [-0.2, 0) is 13.0 Å². The Kier molecular flexibility index (Phi) is 9.21. The number of hydrogen-bond acceptors (Lipinski definition) is 4. The Balaban J connectivity index is 2.25. The highest BCUT2D eigenvalue weighted by Crippen LogP contribution is 1.94. The van der Waals surface area contributed by atoms with Crippen LogP contribution in [0.4, 0.5) is 0 Å². The van der Waals surface area contributed by atoms with Gasteiger partial charge in [0.2, 0.25) is 0 Å². The van der Waals surface area contributed by atoms with Crippen LogP contribution in [0.2, 0.25) is 0 Å². The number of likely N-dealkylation sites (N-methyl/N-ethyl adjacent to an activating group) is 1. The maximum absolute atomic E-state index is 4.25. The number of nitrogens with one attached hydrogen (secondary N) is 2. The van der Waals surface area contributed by atoms with Crippen LogP contribution in [0.1, 0.15) is 33.0 Å². The van der Waals surface area contributed by atoms with E-state index in [1.807, 2.05) is 0 Å². The normalized spacial score (nSPS) is 12.0. The van der Waals surface area contributed by atoms with Crippen LogP contribution in [0.25, 0.3) is 0 Å². The number of hydrogen-bond donors (Lipinski definition) is 2. The summed E-state index contributed by atoms with van der Waals surface area (Å²) in [6.07, 6.45) is 3.87. The zero-order chi connectivity index (χ0) is 16.2. The molecule has 0 amide bonds. The van der Waals surface area contributed by atoms with Gasteiger partial charge in [0.05, 0.1) is 0 Å². The second kappa shape index (κ2) is 11.0. The van der Waals surface area contributed by atoms with E-state index in [-0.39, 0.29) is 0 Å². The third kappa shape index (κ3) is 6.43. The molecule has 0 saturated carbocycles. The standard InChI is InChI=1S/C15H31N7/c1-5-10-21(7-3)11-8-17-15(16-4)18-9-12-22-13-19-20-14(22)6-2/h13H,5-12H2,1-4H3,(H2,16,17,18). The number of aryl methyl sites for hydroxylation is 1. The number of nitrogens with zero attached hydrogens (tertiary/aromatic N) is 5. The van der Waals surface area contributed by atoms with Crippen LogP contribution in [-0.4, -0.2) is 65.4 Å². The topological polar surface area (TPSA) is 70.4 Å². The highest BCUT2D eigenvalue weighted by molar-refractivity contribution is 5.79. The fourth-order valence-electron chi connectivity index (χ4n) is 2.33. The van der Waals surface area contributed by atoms with Crippen molar-refractivity contribution < 1.29 is 0 Å². The van der Waals surface area contributed by atoms with Gasteiger partial charge in [-0.3, -0.25) is 4.99 Å². The summed E-state index contributed by atoms with van der Waals surface area (Å²) in [5, 5.41) is 14.7. The van der Waals surface area contributed by atoms with Gasteiger partial charge in [0.15, 0.2) is 5.96 Å². The van der Waals surface area contributed by atoms with Crippen molar-refractivity contribution in [2.24, 2.45) is 4.99 Å². The van der Waals surface area contributed by atoms with Crippen molar-refractivity contribution in [2.45, 2.75) is 40.2 Å². The summed E-state index contributed by atoms with van der Waals surface area (Å²) in [6.45, 7) is 12.3. The molecule has 2 N–H and O–H groups in total. The van der Waals surface area contributed by atoms with E-state index in [0.29, 0.717) is 0 Å². The zero-order valence-electron chi connectivity index (χ0n) is 14.5. The van der Waals surface area contributed by atoms with Crippen molar-refractivity contribution in [3.05, 3.63) is 12.2 Å². The molecular weight excluding hydrogens is 278 g/mol. The number of guanidine groups is 1. The van der Waals surface area contributed by atoms with E-state index in [1.54, 1.807) is 13.4 Å². The van der Waals surface area contributed by atoms with E-state index in [9.17, 15) is 0 Å². The summed E-state index contributed by atoms with van der Waals surface area (Å²) in [5.74, 6) is 1.86. The van der Waals surface area contributed by atoms with Crippen molar-refractivity contribution in [2.75, 3.05) is 39.8 Å². The molecule has 0 saturated heterocycles. The molecular formula is C15H31N7. The summed E-state index contributed by atoms with van der Waals surface area (Å²) < 4.78 is 2.07. The summed E-state index contributed by atoms with van der Waals surface area (Å²) in [7, 11) is 1.80. The smallest absolute Gasteiger partial charge is 0.191 e. The van der Waals surface area contributed by atoms with Crippen molar-refractivity contribution in [1.29, 1.82) is 0 Å². The molecule has 22 heavy (non-hydrogen) atoms. The molecule has 0 atom stereocenters. The second-order valence-electron chi connectivity index (χ2n) is 5.15. The Morgan fingerprint density at radius 3 is 2.64 bits per heavy atom. The first-order chi connectivity index (χ1) is 10.7. The molecule has 0 unspecified atom stereocenters. The van der Waals surface area contributed by atoms with E-state index < -0.39 is 0 Å². The largest absolute Gasteiger partial charge is 0.355 e. The first kappa shape index (κ1) is 18.4. The Morgan fingerprint density at radius 2 is 2.00 bits per heavy atom. The average molecular weight is 309 g/mol. The minimum absolute atomic E-state index is 0.803. The summed E-state index contributed by atoms with van der Waals surface area (Å²) in [5.41, 5.74) is 0. The van der Waals surface area contributed by atoms with E-state index in [1.165, 1.54) is 6.42 Å². The van der Waals surface area contributed by atoms with E-state index >= 15 is 0 Å². The Labute approximate surface area is 134 Å². The lowest BCUT2D eigenvalue weighted by Crippen LogP contribution is -2.42. The lowest BCUT2D eigenvalue weighted by Gasteiger charge is -2.20. The molecule has 7 nitrogen and oxygen atoms in total. The van der Waals surface area contributed by atoms with Gasteiger partial charge in [0.1, 0.15) is 12.2 Å². The highest BCUT2D eigenvalue weighted by atomic mass is 15.3. The average Bonchev–Trinajstić information content (AvgIpc) is 2.99. The van der Waals surface area contributed by atoms with Gasteiger partial charge in [-0.25, -0.2) is 0 Å². The van der Waals surface area contributed by atoms with Gasteiger partial charge in [0, 0.05) is 39.6 Å². The maximum Gasteiger partial charge on any atom is 0.191 e. The molecule has 1 rings (SSSR count). The Bertz CT molecular complexity index is 427. The monoisotopic (exact) mass is 309 g/mol. The van der Waals surface area contributed by atoms with Gasteiger partial charge in [0.25, 0.3) is 0 Å². The highest BCUT2D eigenvalue weighted by Gasteiger charge is 2.03. The molecule has 1 aromatic rings. The first-order valence-electron chi connectivity index (χ1n) is 8.28. The van der Waals surface area contributed by atoms with Crippen LogP contribution in [0, 0.1) is 0 Å². The lowest BCUT2D eigenvalue weighted by molar-refractivity contribution is 0.293. The minimum Gasteiger partial charge on any atom is -0.355 e. The van der Waals surface area contributed by atoms with Gasteiger partial charge in [-0.15, -0.1) is 10.2 Å². The number of aromatic nitrogens is 3. The maximum atomic E-state index is 4.25. The first-order valence-corrected chi connectivity index (χ1v) is 8.28. The van der Waals surface area contributed by atoms with Gasteiger partial charge in [-0.05, 0) is 19.5 Å². The van der Waals surface area contributed by atoms with Gasteiger partial charge in [-0.2, -0.15) is 0 Å². The molecule has 0 bridgehead atoms. The molecule has 0 aromatic carbocycles. The Hall–Kier alpha value is -1.63. The number of aliphatic imine (C=N–C) groups is 1. The molecule has 1 heterocycles. The molecule has 0 aliphatic heterocycles. The van der Waals surface area contributed by atoms with Crippen LogP contribution < -0.4 is 10.6 Å². The zero-order valence-corrected chi connectivity index (χ0v) is 14.5.